The molecule has 4 heteroatoms. The monoisotopic (exact) mass is 202 g/mol. The fraction of sp³-hybridized carbons (Fsp3) is 0.273. The molecular formula is C11H14N4. The number of nitrogens with zero attached hydrogens (tertiary/aromatic N) is 3. The van der Waals surface area contributed by atoms with Crippen LogP contribution in [0.2, 0.25) is 0 Å². The molecule has 0 radical (unpaired) electrons. The van der Waals surface area contributed by atoms with Crippen LogP contribution in [0.3, 0.4) is 0 Å². The average Bonchev–Trinajstić information content (AvgIpc) is 2.67. The molecule has 1 heterocycles. The third-order valence-electron chi connectivity index (χ3n) is 2.29. The summed E-state index contributed by atoms with van der Waals surface area (Å²) in [5, 5.41) is 7.88. The van der Waals surface area contributed by atoms with Gasteiger partial charge in [0.25, 0.3) is 0 Å². The molecule has 0 amide bonds. The number of benzene rings is 1. The summed E-state index contributed by atoms with van der Waals surface area (Å²) >= 11 is 0. The van der Waals surface area contributed by atoms with E-state index in [9.17, 15) is 0 Å². The van der Waals surface area contributed by atoms with Crippen molar-refractivity contribution in [3.8, 4) is 5.69 Å². The van der Waals surface area contributed by atoms with Gasteiger partial charge in [-0.15, -0.1) is 10.2 Å². The number of aryl methyl sites for hydroxylation is 1. The van der Waals surface area contributed by atoms with Crippen LogP contribution >= 0.6 is 0 Å². The van der Waals surface area contributed by atoms with Crippen molar-refractivity contribution in [1.29, 1.82) is 0 Å². The lowest BCUT2D eigenvalue weighted by Crippen LogP contribution is -2.12. The molecule has 1 aromatic carbocycles. The SMILES string of the molecule is Cc1ccc(-n2cnnc2C(C)N)cc1. The highest BCUT2D eigenvalue weighted by Crippen LogP contribution is 2.14. The molecule has 15 heavy (non-hydrogen) atoms. The summed E-state index contributed by atoms with van der Waals surface area (Å²) in [6, 6.07) is 8.06. The number of nitrogens with two attached hydrogens (primary N) is 1. The van der Waals surface area contributed by atoms with E-state index in [2.05, 4.69) is 29.3 Å². The maximum absolute atomic E-state index is 5.80. The van der Waals surface area contributed by atoms with Gasteiger partial charge in [0.2, 0.25) is 0 Å². The molecule has 2 rings (SSSR count). The molecule has 0 fully saturated rings. The zero-order valence-electron chi connectivity index (χ0n) is 8.88. The summed E-state index contributed by atoms with van der Waals surface area (Å²) < 4.78 is 1.91. The van der Waals surface area contributed by atoms with Gasteiger partial charge in [0.1, 0.15) is 6.33 Å². The van der Waals surface area contributed by atoms with Crippen LogP contribution in [0.25, 0.3) is 5.69 Å². The largest absolute Gasteiger partial charge is 0.322 e. The lowest BCUT2D eigenvalue weighted by molar-refractivity contribution is 0.715. The highest BCUT2D eigenvalue weighted by molar-refractivity contribution is 5.35. The molecule has 78 valence electrons. The van der Waals surface area contributed by atoms with E-state index >= 15 is 0 Å². The molecule has 0 aliphatic heterocycles. The normalized spacial score (nSPS) is 12.7. The average molecular weight is 202 g/mol. The smallest absolute Gasteiger partial charge is 0.154 e. The van der Waals surface area contributed by atoms with Crippen molar-refractivity contribution in [2.75, 3.05) is 0 Å². The van der Waals surface area contributed by atoms with Crippen molar-refractivity contribution >= 4 is 0 Å². The van der Waals surface area contributed by atoms with Gasteiger partial charge >= 0.3 is 0 Å². The Morgan fingerprint density at radius 3 is 2.53 bits per heavy atom. The minimum atomic E-state index is -0.117. The van der Waals surface area contributed by atoms with Crippen molar-refractivity contribution in [2.45, 2.75) is 19.9 Å². The van der Waals surface area contributed by atoms with Crippen molar-refractivity contribution in [3.63, 3.8) is 0 Å². The number of hydrogen-bond acceptors (Lipinski definition) is 3. The standard InChI is InChI=1S/C11H14N4/c1-8-3-5-10(6-4-8)15-7-13-14-11(15)9(2)12/h3-7,9H,12H2,1-2H3. The zero-order chi connectivity index (χ0) is 10.8. The number of aromatic nitrogens is 3. The van der Waals surface area contributed by atoms with E-state index < -0.39 is 0 Å². The van der Waals surface area contributed by atoms with Gasteiger partial charge in [-0.1, -0.05) is 17.7 Å². The second-order valence-corrected chi connectivity index (χ2v) is 3.68. The van der Waals surface area contributed by atoms with Crippen LogP contribution in [0.15, 0.2) is 30.6 Å². The molecule has 0 saturated carbocycles. The summed E-state index contributed by atoms with van der Waals surface area (Å²) in [5.41, 5.74) is 8.07. The van der Waals surface area contributed by atoms with Crippen LogP contribution in [0, 0.1) is 6.92 Å². The first-order chi connectivity index (χ1) is 7.18. The molecule has 1 unspecified atom stereocenters. The molecule has 2 N–H and O–H groups in total. The third kappa shape index (κ3) is 1.89. The Hall–Kier alpha value is -1.68. The predicted octanol–water partition coefficient (Wildman–Crippen LogP) is 1.60. The fourth-order valence-corrected chi connectivity index (χ4v) is 1.46. The molecule has 2 aromatic rings. The van der Waals surface area contributed by atoms with E-state index in [0.717, 1.165) is 11.5 Å². The first-order valence-electron chi connectivity index (χ1n) is 4.91. The molecule has 0 bridgehead atoms. The summed E-state index contributed by atoms with van der Waals surface area (Å²) in [4.78, 5) is 0. The van der Waals surface area contributed by atoms with Crippen molar-refractivity contribution < 1.29 is 0 Å². The van der Waals surface area contributed by atoms with Crippen LogP contribution in [0.5, 0.6) is 0 Å². The molecule has 0 aliphatic rings. The summed E-state index contributed by atoms with van der Waals surface area (Å²) in [6.07, 6.45) is 1.68. The Labute approximate surface area is 88.8 Å². The van der Waals surface area contributed by atoms with Gasteiger partial charge in [-0.05, 0) is 26.0 Å². The van der Waals surface area contributed by atoms with Crippen LogP contribution < -0.4 is 5.73 Å². The summed E-state index contributed by atoms with van der Waals surface area (Å²) in [5.74, 6) is 0.777. The molecule has 0 aliphatic carbocycles. The van der Waals surface area contributed by atoms with Gasteiger partial charge in [0, 0.05) is 5.69 Å². The predicted molar refractivity (Wildman–Crippen MR) is 58.7 cm³/mol. The highest BCUT2D eigenvalue weighted by Gasteiger charge is 2.09. The molecule has 1 aromatic heterocycles. The maximum Gasteiger partial charge on any atom is 0.154 e. The molecule has 0 spiro atoms. The summed E-state index contributed by atoms with van der Waals surface area (Å²) in [7, 11) is 0. The molecule has 1 atom stereocenters. The van der Waals surface area contributed by atoms with Crippen molar-refractivity contribution in [1.82, 2.24) is 14.8 Å². The Morgan fingerprint density at radius 2 is 1.93 bits per heavy atom. The first-order valence-corrected chi connectivity index (χ1v) is 4.91. The van der Waals surface area contributed by atoms with Crippen LogP contribution in [-0.2, 0) is 0 Å². The Bertz CT molecular complexity index is 442. The molecular weight excluding hydrogens is 188 g/mol. The topological polar surface area (TPSA) is 56.7 Å². The summed E-state index contributed by atoms with van der Waals surface area (Å²) in [6.45, 7) is 3.96. The van der Waals surface area contributed by atoms with E-state index in [4.69, 9.17) is 5.73 Å². The van der Waals surface area contributed by atoms with Gasteiger partial charge in [-0.25, -0.2) is 0 Å². The van der Waals surface area contributed by atoms with Gasteiger partial charge in [0.15, 0.2) is 5.82 Å². The van der Waals surface area contributed by atoms with Crippen molar-refractivity contribution in [2.24, 2.45) is 5.73 Å². The van der Waals surface area contributed by atoms with Gasteiger partial charge < -0.3 is 5.73 Å². The second-order valence-electron chi connectivity index (χ2n) is 3.68. The van der Waals surface area contributed by atoms with Crippen LogP contribution in [-0.4, -0.2) is 14.8 Å². The Balaban J connectivity index is 2.45. The fourth-order valence-electron chi connectivity index (χ4n) is 1.46. The first kappa shape index (κ1) is 9.86. The van der Waals surface area contributed by atoms with Gasteiger partial charge in [-0.3, -0.25) is 4.57 Å². The quantitative estimate of drug-likeness (QED) is 0.804. The van der Waals surface area contributed by atoms with Gasteiger partial charge in [-0.2, -0.15) is 0 Å². The minimum Gasteiger partial charge on any atom is -0.322 e. The van der Waals surface area contributed by atoms with Gasteiger partial charge in [0.05, 0.1) is 6.04 Å². The van der Waals surface area contributed by atoms with Crippen LogP contribution in [0.4, 0.5) is 0 Å². The lowest BCUT2D eigenvalue weighted by Gasteiger charge is -2.08. The van der Waals surface area contributed by atoms with E-state index in [0.29, 0.717) is 0 Å². The van der Waals surface area contributed by atoms with Crippen LogP contribution in [0.1, 0.15) is 24.4 Å². The lowest BCUT2D eigenvalue weighted by atomic mass is 10.2. The Kier molecular flexibility index (Phi) is 2.51. The number of rotatable bonds is 2. The maximum atomic E-state index is 5.80. The Morgan fingerprint density at radius 1 is 1.27 bits per heavy atom. The molecule has 4 nitrogen and oxygen atoms in total. The molecule has 0 saturated heterocycles. The number of hydrogen-bond donors (Lipinski definition) is 1. The highest BCUT2D eigenvalue weighted by atomic mass is 15.3. The van der Waals surface area contributed by atoms with E-state index in [1.54, 1.807) is 6.33 Å². The van der Waals surface area contributed by atoms with E-state index in [1.807, 2.05) is 23.6 Å². The zero-order valence-corrected chi connectivity index (χ0v) is 8.88. The second kappa shape index (κ2) is 3.82. The third-order valence-corrected chi connectivity index (χ3v) is 2.29. The van der Waals surface area contributed by atoms with Crippen molar-refractivity contribution in [3.05, 3.63) is 42.0 Å². The van der Waals surface area contributed by atoms with E-state index in [1.165, 1.54) is 5.56 Å². The minimum absolute atomic E-state index is 0.117. The van der Waals surface area contributed by atoms with E-state index in [-0.39, 0.29) is 6.04 Å².